The SMILES string of the molecule is CC(C)[C@H](NC(=O)[C@@H](N)CO)C(=O)N[C@H](C(=O)N1CCC[C@H]1C(=O)N[C@@H](Cc1ccc(O)cc1)C(=O)O)C(C)C. The van der Waals surface area contributed by atoms with Gasteiger partial charge in [0, 0.05) is 13.0 Å². The van der Waals surface area contributed by atoms with Crippen LogP contribution in [0, 0.1) is 11.8 Å². The van der Waals surface area contributed by atoms with Crippen molar-refractivity contribution in [1.82, 2.24) is 20.9 Å². The van der Waals surface area contributed by atoms with E-state index in [-0.39, 0.29) is 30.6 Å². The van der Waals surface area contributed by atoms with Gasteiger partial charge in [0.15, 0.2) is 0 Å². The number of carboxylic acids is 1. The molecule has 0 saturated carbocycles. The summed E-state index contributed by atoms with van der Waals surface area (Å²) < 4.78 is 0. The first-order valence-electron chi connectivity index (χ1n) is 13.4. The molecule has 8 N–H and O–H groups in total. The number of likely N-dealkylation sites (tertiary alicyclic amines) is 1. The normalized spacial score (nSPS) is 18.1. The van der Waals surface area contributed by atoms with Gasteiger partial charge in [-0.05, 0) is 42.4 Å². The lowest BCUT2D eigenvalue weighted by molar-refractivity contribution is -0.145. The van der Waals surface area contributed by atoms with E-state index < -0.39 is 66.4 Å². The number of carbonyl (C=O) groups excluding carboxylic acids is 4. The van der Waals surface area contributed by atoms with Gasteiger partial charge in [0.1, 0.15) is 36.0 Å². The number of benzene rings is 1. The molecule has 0 spiro atoms. The number of nitrogens with zero attached hydrogens (tertiary/aromatic N) is 1. The first-order valence-corrected chi connectivity index (χ1v) is 13.4. The van der Waals surface area contributed by atoms with Crippen molar-refractivity contribution in [1.29, 1.82) is 0 Å². The van der Waals surface area contributed by atoms with Gasteiger partial charge in [-0.2, -0.15) is 0 Å². The number of phenols is 1. The molecule has 0 unspecified atom stereocenters. The molecule has 1 aromatic rings. The first-order chi connectivity index (χ1) is 18.8. The van der Waals surface area contributed by atoms with Crippen LogP contribution in [-0.2, 0) is 30.4 Å². The highest BCUT2D eigenvalue weighted by molar-refractivity contribution is 5.96. The Labute approximate surface area is 233 Å². The van der Waals surface area contributed by atoms with Crippen LogP contribution in [0.3, 0.4) is 0 Å². The Morgan fingerprint density at radius 3 is 2.05 bits per heavy atom. The van der Waals surface area contributed by atoms with E-state index in [9.17, 15) is 34.2 Å². The summed E-state index contributed by atoms with van der Waals surface area (Å²) in [6.45, 7) is 6.54. The number of aliphatic carboxylic acids is 1. The van der Waals surface area contributed by atoms with Crippen LogP contribution >= 0.6 is 0 Å². The number of hydrogen-bond donors (Lipinski definition) is 7. The Kier molecular flexibility index (Phi) is 11.9. The highest BCUT2D eigenvalue weighted by Crippen LogP contribution is 2.21. The van der Waals surface area contributed by atoms with Crippen molar-refractivity contribution in [3.8, 4) is 5.75 Å². The van der Waals surface area contributed by atoms with Gasteiger partial charge >= 0.3 is 5.97 Å². The second kappa shape index (κ2) is 14.6. The van der Waals surface area contributed by atoms with Gasteiger partial charge in [0.2, 0.25) is 23.6 Å². The highest BCUT2D eigenvalue weighted by Gasteiger charge is 2.40. The van der Waals surface area contributed by atoms with E-state index in [1.54, 1.807) is 39.8 Å². The number of aliphatic hydroxyl groups is 1. The molecule has 1 saturated heterocycles. The quantitative estimate of drug-likeness (QED) is 0.158. The summed E-state index contributed by atoms with van der Waals surface area (Å²) in [4.78, 5) is 65.3. The predicted octanol–water partition coefficient (Wildman–Crippen LogP) is -0.904. The second-order valence-electron chi connectivity index (χ2n) is 10.7. The van der Waals surface area contributed by atoms with E-state index in [1.165, 1.54) is 17.0 Å². The van der Waals surface area contributed by atoms with Crippen LogP contribution in [-0.4, -0.2) is 93.2 Å². The molecule has 2 rings (SSSR count). The molecule has 0 aromatic heterocycles. The average Bonchev–Trinajstić information content (AvgIpc) is 3.39. The molecular formula is C27H41N5O8. The third-order valence-electron chi connectivity index (χ3n) is 6.84. The molecule has 13 heteroatoms. The van der Waals surface area contributed by atoms with Gasteiger partial charge in [-0.15, -0.1) is 0 Å². The van der Waals surface area contributed by atoms with E-state index in [2.05, 4.69) is 16.0 Å². The van der Waals surface area contributed by atoms with Crippen molar-refractivity contribution in [3.05, 3.63) is 29.8 Å². The van der Waals surface area contributed by atoms with Crippen molar-refractivity contribution in [2.75, 3.05) is 13.2 Å². The molecule has 13 nitrogen and oxygen atoms in total. The molecule has 1 fully saturated rings. The summed E-state index contributed by atoms with van der Waals surface area (Å²) in [6, 6.07) is 0.543. The van der Waals surface area contributed by atoms with Crippen molar-refractivity contribution in [2.24, 2.45) is 17.6 Å². The van der Waals surface area contributed by atoms with E-state index in [0.29, 0.717) is 18.4 Å². The molecule has 0 radical (unpaired) electrons. The van der Waals surface area contributed by atoms with Gasteiger partial charge in [-0.1, -0.05) is 39.8 Å². The van der Waals surface area contributed by atoms with Crippen LogP contribution < -0.4 is 21.7 Å². The van der Waals surface area contributed by atoms with E-state index >= 15 is 0 Å². The van der Waals surface area contributed by atoms with Crippen LogP contribution in [0.1, 0.15) is 46.1 Å². The van der Waals surface area contributed by atoms with Crippen molar-refractivity contribution in [2.45, 2.75) is 77.2 Å². The summed E-state index contributed by atoms with van der Waals surface area (Å²) in [5.41, 5.74) is 6.15. The second-order valence-corrected chi connectivity index (χ2v) is 10.7. The fourth-order valence-corrected chi connectivity index (χ4v) is 4.45. The Hall–Kier alpha value is -3.71. The number of hydrogen-bond acceptors (Lipinski definition) is 8. The lowest BCUT2D eigenvalue weighted by Crippen LogP contribution is -2.60. The highest BCUT2D eigenvalue weighted by atomic mass is 16.4. The maximum Gasteiger partial charge on any atom is 0.326 e. The third-order valence-corrected chi connectivity index (χ3v) is 6.84. The third kappa shape index (κ3) is 8.65. The molecule has 5 atom stereocenters. The maximum absolute atomic E-state index is 13.6. The fraction of sp³-hybridized carbons (Fsp3) is 0.593. The Bertz CT molecular complexity index is 1060. The summed E-state index contributed by atoms with van der Waals surface area (Å²) >= 11 is 0. The van der Waals surface area contributed by atoms with Gasteiger partial charge < -0.3 is 41.9 Å². The number of aliphatic hydroxyl groups excluding tert-OH is 1. The first kappa shape index (κ1) is 32.5. The van der Waals surface area contributed by atoms with Gasteiger partial charge in [0.05, 0.1) is 6.61 Å². The topological polar surface area (TPSA) is 211 Å². The van der Waals surface area contributed by atoms with E-state index in [1.807, 2.05) is 0 Å². The molecule has 222 valence electrons. The zero-order chi connectivity index (χ0) is 30.1. The Morgan fingerprint density at radius 1 is 0.950 bits per heavy atom. The average molecular weight is 564 g/mol. The van der Waals surface area contributed by atoms with Gasteiger partial charge in [-0.3, -0.25) is 19.2 Å². The number of nitrogens with two attached hydrogens (primary N) is 1. The monoisotopic (exact) mass is 563 g/mol. The van der Waals surface area contributed by atoms with E-state index in [4.69, 9.17) is 10.8 Å². The number of phenolic OH excluding ortho intramolecular Hbond substituents is 1. The zero-order valence-electron chi connectivity index (χ0n) is 23.3. The van der Waals surface area contributed by atoms with Crippen LogP contribution in [0.5, 0.6) is 5.75 Å². The van der Waals surface area contributed by atoms with Crippen molar-refractivity contribution in [3.63, 3.8) is 0 Å². The van der Waals surface area contributed by atoms with Crippen molar-refractivity contribution < 1.29 is 39.3 Å². The zero-order valence-corrected chi connectivity index (χ0v) is 23.3. The number of nitrogens with one attached hydrogen (secondary N) is 3. The summed E-state index contributed by atoms with van der Waals surface area (Å²) in [5.74, 6) is -4.37. The molecule has 1 aliphatic rings. The summed E-state index contributed by atoms with van der Waals surface area (Å²) in [6.07, 6.45) is 0.822. The van der Waals surface area contributed by atoms with Crippen LogP contribution in [0.25, 0.3) is 0 Å². The molecule has 1 aliphatic heterocycles. The smallest absolute Gasteiger partial charge is 0.326 e. The molecule has 1 heterocycles. The number of amides is 4. The largest absolute Gasteiger partial charge is 0.508 e. The van der Waals surface area contributed by atoms with E-state index in [0.717, 1.165) is 0 Å². The summed E-state index contributed by atoms with van der Waals surface area (Å²) in [5, 5.41) is 36.0. The minimum Gasteiger partial charge on any atom is -0.508 e. The van der Waals surface area contributed by atoms with Gasteiger partial charge in [0.25, 0.3) is 0 Å². The minimum absolute atomic E-state index is 0.0189. The fourth-order valence-electron chi connectivity index (χ4n) is 4.45. The standard InChI is InChI=1S/C27H41N5O8/c1-14(2)21(30-23(35)18(28)13-33)25(37)31-22(15(3)4)26(38)32-11-5-6-20(32)24(36)29-19(27(39)40)12-16-7-9-17(34)10-8-16/h7-10,14-15,18-22,33-34H,5-6,11-13,28H2,1-4H3,(H,29,36)(H,30,35)(H,31,37)(H,39,40)/t18-,19-,20-,21-,22-/m0/s1. The number of aromatic hydroxyl groups is 1. The molecule has 1 aromatic carbocycles. The molecule has 4 amide bonds. The lowest BCUT2D eigenvalue weighted by Gasteiger charge is -2.32. The van der Waals surface area contributed by atoms with Crippen molar-refractivity contribution >= 4 is 29.6 Å². The minimum atomic E-state index is -1.25. The Balaban J connectivity index is 2.15. The number of carbonyl (C=O) groups is 5. The van der Waals surface area contributed by atoms with Crippen LogP contribution in [0.4, 0.5) is 0 Å². The molecule has 40 heavy (non-hydrogen) atoms. The molecule has 0 aliphatic carbocycles. The maximum atomic E-state index is 13.6. The lowest BCUT2D eigenvalue weighted by atomic mass is 9.98. The summed E-state index contributed by atoms with van der Waals surface area (Å²) in [7, 11) is 0. The number of rotatable bonds is 13. The molecule has 0 bridgehead atoms. The predicted molar refractivity (Wildman–Crippen MR) is 145 cm³/mol. The Morgan fingerprint density at radius 2 is 1.52 bits per heavy atom. The van der Waals surface area contributed by atoms with Gasteiger partial charge in [-0.25, -0.2) is 4.79 Å². The van der Waals surface area contributed by atoms with Crippen LogP contribution in [0.15, 0.2) is 24.3 Å². The number of carboxylic acid groups (broad SMARTS) is 1. The van der Waals surface area contributed by atoms with Crippen LogP contribution in [0.2, 0.25) is 0 Å². The molecular weight excluding hydrogens is 522 g/mol.